The first-order chi connectivity index (χ1) is 15.2. The van der Waals surface area contributed by atoms with E-state index in [2.05, 4.69) is 10.1 Å². The number of piperidine rings is 1. The number of methoxy groups -OCH3 is 1. The Morgan fingerprint density at radius 1 is 1.22 bits per heavy atom. The Kier molecular flexibility index (Phi) is 6.49. The lowest BCUT2D eigenvalue weighted by Crippen LogP contribution is -2.53. The molecule has 0 aromatic carbocycles. The Bertz CT molecular complexity index is 837. The third-order valence-corrected chi connectivity index (χ3v) is 6.69. The van der Waals surface area contributed by atoms with Gasteiger partial charge in [-0.05, 0) is 38.0 Å². The van der Waals surface area contributed by atoms with Crippen LogP contribution in [-0.4, -0.2) is 83.6 Å². The number of carboxylic acid groups (broad SMARTS) is 1. The molecule has 2 saturated heterocycles. The van der Waals surface area contributed by atoms with E-state index in [0.29, 0.717) is 17.5 Å². The van der Waals surface area contributed by atoms with Crippen molar-refractivity contribution >= 4 is 11.9 Å². The molecule has 0 unspecified atom stereocenters. The van der Waals surface area contributed by atoms with Gasteiger partial charge in [0.05, 0.1) is 12.1 Å². The number of carboxylic acids is 1. The average Bonchev–Trinajstić information content (AvgIpc) is 3.66. The van der Waals surface area contributed by atoms with E-state index in [4.69, 9.17) is 19.2 Å². The predicted molar refractivity (Wildman–Crippen MR) is 105 cm³/mol. The zero-order valence-electron chi connectivity index (χ0n) is 17.9. The van der Waals surface area contributed by atoms with Gasteiger partial charge in [0.1, 0.15) is 5.76 Å². The molecule has 1 amide bonds. The van der Waals surface area contributed by atoms with Gasteiger partial charge in [0, 0.05) is 51.2 Å². The van der Waals surface area contributed by atoms with E-state index in [1.54, 1.807) is 0 Å². The Labute approximate surface area is 183 Å². The first-order valence-corrected chi connectivity index (χ1v) is 11.0. The number of amides is 1. The van der Waals surface area contributed by atoms with E-state index in [1.807, 2.05) is 18.1 Å². The summed E-state index contributed by atoms with van der Waals surface area (Å²) < 4.78 is 42.9. The highest BCUT2D eigenvalue weighted by Gasteiger charge is 2.47. The molecule has 2 saturated carbocycles. The lowest BCUT2D eigenvalue weighted by Gasteiger charge is -2.40. The highest BCUT2D eigenvalue weighted by molar-refractivity contribution is 5.92. The summed E-state index contributed by atoms with van der Waals surface area (Å²) in [6.45, 7) is 3.96. The number of alkyl halides is 3. The lowest BCUT2D eigenvalue weighted by atomic mass is 9.88. The maximum atomic E-state index is 13.1. The van der Waals surface area contributed by atoms with Crippen molar-refractivity contribution in [2.75, 3.05) is 33.3 Å². The van der Waals surface area contributed by atoms with Gasteiger partial charge in [0.25, 0.3) is 5.91 Å². The molecule has 1 N–H and O–H groups in total. The predicted octanol–water partition coefficient (Wildman–Crippen LogP) is 2.76. The number of aliphatic carboxylic acids is 1. The Balaban J connectivity index is 0.000000307. The molecule has 3 atom stereocenters. The fourth-order valence-electron chi connectivity index (χ4n) is 4.69. The number of ether oxygens (including phenoxy) is 1. The second-order valence-electron chi connectivity index (χ2n) is 9.15. The van der Waals surface area contributed by atoms with Crippen molar-refractivity contribution in [1.29, 1.82) is 0 Å². The van der Waals surface area contributed by atoms with E-state index in [-0.39, 0.29) is 18.1 Å². The number of rotatable bonds is 5. The number of halogens is 3. The molecule has 0 bridgehead atoms. The molecule has 5 rings (SSSR count). The molecule has 0 radical (unpaired) electrons. The summed E-state index contributed by atoms with van der Waals surface area (Å²) in [6, 6.07) is 2.11. The summed E-state index contributed by atoms with van der Waals surface area (Å²) in [7, 11) is 1.81. The van der Waals surface area contributed by atoms with E-state index in [9.17, 15) is 18.0 Å². The zero-order chi connectivity index (χ0) is 23.0. The quantitative estimate of drug-likeness (QED) is 0.723. The highest BCUT2D eigenvalue weighted by Crippen LogP contribution is 2.41. The number of hydrogen-bond donors (Lipinski definition) is 1. The monoisotopic (exact) mass is 459 g/mol. The van der Waals surface area contributed by atoms with Crippen LogP contribution in [0.1, 0.15) is 54.3 Å². The minimum absolute atomic E-state index is 0.0356. The maximum Gasteiger partial charge on any atom is 0.490 e. The molecule has 4 aliphatic rings. The van der Waals surface area contributed by atoms with Crippen LogP contribution in [0.3, 0.4) is 0 Å². The molecule has 4 fully saturated rings. The van der Waals surface area contributed by atoms with Gasteiger partial charge in [0.15, 0.2) is 5.69 Å². The van der Waals surface area contributed by atoms with Gasteiger partial charge in [-0.2, -0.15) is 13.2 Å². The highest BCUT2D eigenvalue weighted by atomic mass is 19.4. The summed E-state index contributed by atoms with van der Waals surface area (Å²) in [5.74, 6) is -0.0610. The van der Waals surface area contributed by atoms with Crippen LogP contribution in [0.5, 0.6) is 0 Å². The molecule has 1 aromatic rings. The van der Waals surface area contributed by atoms with Crippen molar-refractivity contribution in [1.82, 2.24) is 15.0 Å². The number of likely N-dealkylation sites (tertiary alicyclic amines) is 2. The molecular weight excluding hydrogens is 431 g/mol. The topological polar surface area (TPSA) is 96.1 Å². The standard InChI is InChI=1S/C19H27N3O3.C2HF3O2/c1-24-17-6-7-22(16-11-21(10-14(16)17)9-12-2-3-12)19(23)15-8-18(25-20-15)13-4-5-13;3-2(4,5)1(6)7/h8,12-14,16-17H,2-7,9-11H2,1H3;(H,6,7)/t14-,16+,17-;/m0./s1. The van der Waals surface area contributed by atoms with Crippen molar-refractivity contribution in [3.05, 3.63) is 17.5 Å². The Morgan fingerprint density at radius 3 is 2.47 bits per heavy atom. The third-order valence-electron chi connectivity index (χ3n) is 6.69. The zero-order valence-corrected chi connectivity index (χ0v) is 17.9. The van der Waals surface area contributed by atoms with Crippen molar-refractivity contribution in [3.8, 4) is 0 Å². The van der Waals surface area contributed by atoms with Crippen LogP contribution in [0.15, 0.2) is 10.6 Å². The van der Waals surface area contributed by atoms with Crippen molar-refractivity contribution in [3.63, 3.8) is 0 Å². The van der Waals surface area contributed by atoms with Crippen LogP contribution in [0.4, 0.5) is 13.2 Å². The van der Waals surface area contributed by atoms with Gasteiger partial charge >= 0.3 is 12.1 Å². The molecule has 2 aliphatic heterocycles. The van der Waals surface area contributed by atoms with Gasteiger partial charge in [-0.3, -0.25) is 4.79 Å². The van der Waals surface area contributed by atoms with Crippen molar-refractivity contribution < 1.29 is 37.1 Å². The third kappa shape index (κ3) is 5.25. The minimum atomic E-state index is -5.08. The second-order valence-corrected chi connectivity index (χ2v) is 9.15. The van der Waals surface area contributed by atoms with Crippen LogP contribution in [-0.2, 0) is 9.53 Å². The van der Waals surface area contributed by atoms with Crippen LogP contribution in [0.25, 0.3) is 0 Å². The number of aromatic nitrogens is 1. The molecule has 8 nitrogen and oxygen atoms in total. The maximum absolute atomic E-state index is 13.1. The van der Waals surface area contributed by atoms with Gasteiger partial charge in [-0.25, -0.2) is 4.79 Å². The van der Waals surface area contributed by atoms with Crippen LogP contribution in [0, 0.1) is 11.8 Å². The normalized spacial score (nSPS) is 28.1. The van der Waals surface area contributed by atoms with E-state index in [0.717, 1.165) is 50.6 Å². The summed E-state index contributed by atoms with van der Waals surface area (Å²) >= 11 is 0. The number of nitrogens with zero attached hydrogens (tertiary/aromatic N) is 3. The van der Waals surface area contributed by atoms with Gasteiger partial charge in [0.2, 0.25) is 0 Å². The summed E-state index contributed by atoms with van der Waals surface area (Å²) in [6.07, 6.45) is 1.13. The minimum Gasteiger partial charge on any atom is -0.475 e. The molecule has 11 heteroatoms. The number of carbonyl (C=O) groups excluding carboxylic acids is 1. The summed E-state index contributed by atoms with van der Waals surface area (Å²) in [5, 5.41) is 11.2. The Morgan fingerprint density at radius 2 is 1.91 bits per heavy atom. The fourth-order valence-corrected chi connectivity index (χ4v) is 4.69. The molecular formula is C21H28F3N3O5. The summed E-state index contributed by atoms with van der Waals surface area (Å²) in [5.41, 5.74) is 0.483. The molecule has 3 heterocycles. The number of hydrogen-bond acceptors (Lipinski definition) is 6. The van der Waals surface area contributed by atoms with E-state index < -0.39 is 12.1 Å². The van der Waals surface area contributed by atoms with Gasteiger partial charge in [-0.1, -0.05) is 5.16 Å². The van der Waals surface area contributed by atoms with Crippen LogP contribution >= 0.6 is 0 Å². The SMILES string of the molecule is CO[C@H]1CCN(C(=O)c2cc(C3CC3)on2)[C@@H]2CN(CC3CC3)C[C@H]12.O=C(O)C(F)(F)F. The van der Waals surface area contributed by atoms with Crippen LogP contribution < -0.4 is 0 Å². The summed E-state index contributed by atoms with van der Waals surface area (Å²) in [4.78, 5) is 26.6. The number of carbonyl (C=O) groups is 2. The fraction of sp³-hybridized carbons (Fsp3) is 0.762. The number of fused-ring (bicyclic) bond motifs is 1. The second kappa shape index (κ2) is 9.01. The smallest absolute Gasteiger partial charge is 0.475 e. The first kappa shape index (κ1) is 23.0. The van der Waals surface area contributed by atoms with Crippen LogP contribution in [0.2, 0.25) is 0 Å². The lowest BCUT2D eigenvalue weighted by molar-refractivity contribution is -0.192. The van der Waals surface area contributed by atoms with Crippen molar-refractivity contribution in [2.45, 2.75) is 56.3 Å². The molecule has 0 spiro atoms. The van der Waals surface area contributed by atoms with E-state index >= 15 is 0 Å². The van der Waals surface area contributed by atoms with Crippen molar-refractivity contribution in [2.24, 2.45) is 11.8 Å². The van der Waals surface area contributed by atoms with Gasteiger partial charge in [-0.15, -0.1) is 0 Å². The largest absolute Gasteiger partial charge is 0.490 e. The molecule has 2 aliphatic carbocycles. The first-order valence-electron chi connectivity index (χ1n) is 11.0. The average molecular weight is 459 g/mol. The van der Waals surface area contributed by atoms with E-state index in [1.165, 1.54) is 19.4 Å². The molecule has 178 valence electrons. The molecule has 32 heavy (non-hydrogen) atoms. The Hall–Kier alpha value is -2.14. The van der Waals surface area contributed by atoms with Gasteiger partial charge < -0.3 is 24.2 Å². The molecule has 1 aromatic heterocycles.